The first-order chi connectivity index (χ1) is 14.9. The number of carbonyl (C=O) groups is 3. The SMILES string of the molecule is CC(=O)CC[C@H]1CN(c2ccc(N3CCNN(C(=O)CCCF)CC3)c(F)c2)C(=O)O1. The van der Waals surface area contributed by atoms with E-state index in [9.17, 15) is 23.2 Å². The van der Waals surface area contributed by atoms with E-state index in [2.05, 4.69) is 5.43 Å². The van der Waals surface area contributed by atoms with Crippen LogP contribution < -0.4 is 15.2 Å². The van der Waals surface area contributed by atoms with E-state index in [0.717, 1.165) is 0 Å². The number of amides is 2. The summed E-state index contributed by atoms with van der Waals surface area (Å²) >= 11 is 0. The molecule has 0 aliphatic carbocycles. The van der Waals surface area contributed by atoms with E-state index in [-0.39, 0.29) is 31.1 Å². The van der Waals surface area contributed by atoms with Crippen molar-refractivity contribution >= 4 is 29.2 Å². The first-order valence-corrected chi connectivity index (χ1v) is 10.5. The molecule has 0 radical (unpaired) electrons. The average molecular weight is 438 g/mol. The zero-order chi connectivity index (χ0) is 22.4. The van der Waals surface area contributed by atoms with Crippen molar-refractivity contribution in [2.75, 3.05) is 49.2 Å². The van der Waals surface area contributed by atoms with Gasteiger partial charge in [-0.25, -0.2) is 14.6 Å². The lowest BCUT2D eigenvalue weighted by Crippen LogP contribution is -2.43. The minimum Gasteiger partial charge on any atom is -0.444 e. The molecule has 170 valence electrons. The number of ketones is 1. The summed E-state index contributed by atoms with van der Waals surface area (Å²) in [5.74, 6) is -0.628. The summed E-state index contributed by atoms with van der Waals surface area (Å²) in [7, 11) is 0. The number of nitrogens with zero attached hydrogens (tertiary/aromatic N) is 3. The summed E-state index contributed by atoms with van der Waals surface area (Å²) in [6.07, 6.45) is 0.144. The second-order valence-electron chi connectivity index (χ2n) is 7.73. The van der Waals surface area contributed by atoms with Crippen LogP contribution in [0.2, 0.25) is 0 Å². The van der Waals surface area contributed by atoms with Gasteiger partial charge in [0.25, 0.3) is 0 Å². The van der Waals surface area contributed by atoms with Gasteiger partial charge in [0.2, 0.25) is 5.91 Å². The number of Topliss-reactive ketones (excluding diaryl/α,β-unsaturated/α-hetero) is 1. The summed E-state index contributed by atoms with van der Waals surface area (Å²) in [6, 6.07) is 4.57. The normalized spacial score (nSPS) is 19.4. The van der Waals surface area contributed by atoms with E-state index in [1.807, 2.05) is 4.90 Å². The molecule has 3 rings (SSSR count). The molecule has 10 heteroatoms. The van der Waals surface area contributed by atoms with Crippen molar-refractivity contribution in [2.24, 2.45) is 0 Å². The van der Waals surface area contributed by atoms with Crippen molar-refractivity contribution in [3.8, 4) is 0 Å². The summed E-state index contributed by atoms with van der Waals surface area (Å²) in [5, 5.41) is 1.46. The van der Waals surface area contributed by atoms with Gasteiger partial charge in [0.1, 0.15) is 17.7 Å². The van der Waals surface area contributed by atoms with E-state index in [0.29, 0.717) is 50.4 Å². The molecule has 2 amide bonds. The summed E-state index contributed by atoms with van der Waals surface area (Å²) in [6.45, 7) is 2.92. The standard InChI is InChI=1S/C21H28F2N4O4/c1-15(28)4-6-17-14-26(21(30)31-17)16-5-7-19(18(23)13-16)25-10-9-24-27(12-11-25)20(29)3-2-8-22/h5,7,13,17,24H,2-4,6,8-12,14H2,1H3/t17-/m0/s1. The first kappa shape index (κ1) is 22.9. The molecule has 1 N–H and O–H groups in total. The number of rotatable bonds is 8. The Labute approximate surface area is 180 Å². The Kier molecular flexibility index (Phi) is 7.78. The molecule has 2 aliphatic heterocycles. The Morgan fingerprint density at radius 3 is 2.74 bits per heavy atom. The van der Waals surface area contributed by atoms with Gasteiger partial charge in [0.05, 0.1) is 31.1 Å². The third kappa shape index (κ3) is 5.90. The van der Waals surface area contributed by atoms with Gasteiger partial charge < -0.3 is 14.4 Å². The van der Waals surface area contributed by atoms with E-state index in [1.54, 1.807) is 12.1 Å². The summed E-state index contributed by atoms with van der Waals surface area (Å²) < 4.78 is 32.5. The Bertz CT molecular complexity index is 823. The fraction of sp³-hybridized carbons (Fsp3) is 0.571. The van der Waals surface area contributed by atoms with Crippen molar-refractivity contribution in [3.63, 3.8) is 0 Å². The molecular formula is C21H28F2N4O4. The molecule has 0 spiro atoms. The number of hydrogen-bond acceptors (Lipinski definition) is 6. The summed E-state index contributed by atoms with van der Waals surface area (Å²) in [5.41, 5.74) is 3.77. The molecule has 0 aromatic heterocycles. The zero-order valence-electron chi connectivity index (χ0n) is 17.6. The first-order valence-electron chi connectivity index (χ1n) is 10.5. The molecule has 1 aromatic carbocycles. The fourth-order valence-electron chi connectivity index (χ4n) is 3.71. The van der Waals surface area contributed by atoms with Gasteiger partial charge in [-0.05, 0) is 38.0 Å². The highest BCUT2D eigenvalue weighted by Gasteiger charge is 2.33. The molecule has 2 saturated heterocycles. The molecule has 0 unspecified atom stereocenters. The molecule has 2 fully saturated rings. The number of ether oxygens (including phenoxy) is 1. The van der Waals surface area contributed by atoms with Crippen LogP contribution >= 0.6 is 0 Å². The van der Waals surface area contributed by atoms with Gasteiger partial charge >= 0.3 is 6.09 Å². The lowest BCUT2D eigenvalue weighted by molar-refractivity contribution is -0.134. The molecule has 8 nitrogen and oxygen atoms in total. The van der Waals surface area contributed by atoms with Crippen LogP contribution in [0.25, 0.3) is 0 Å². The third-order valence-corrected chi connectivity index (χ3v) is 5.38. The van der Waals surface area contributed by atoms with E-state index in [4.69, 9.17) is 4.74 Å². The highest BCUT2D eigenvalue weighted by atomic mass is 19.1. The van der Waals surface area contributed by atoms with Crippen molar-refractivity contribution in [1.29, 1.82) is 0 Å². The van der Waals surface area contributed by atoms with Gasteiger partial charge in [-0.3, -0.25) is 19.1 Å². The minimum absolute atomic E-state index is 0.0273. The van der Waals surface area contributed by atoms with E-state index in [1.165, 1.54) is 22.9 Å². The quantitative estimate of drug-likeness (QED) is 0.671. The predicted molar refractivity (Wildman–Crippen MR) is 111 cm³/mol. The Balaban J connectivity index is 1.62. The topological polar surface area (TPSA) is 82.2 Å². The monoisotopic (exact) mass is 438 g/mol. The lowest BCUT2D eigenvalue weighted by Gasteiger charge is -2.24. The summed E-state index contributed by atoms with van der Waals surface area (Å²) in [4.78, 5) is 38.6. The molecule has 1 atom stereocenters. The maximum atomic E-state index is 14.9. The maximum Gasteiger partial charge on any atom is 0.414 e. The van der Waals surface area contributed by atoms with Crippen LogP contribution in [0.4, 0.5) is 25.0 Å². The smallest absolute Gasteiger partial charge is 0.414 e. The number of anilines is 2. The Hall–Kier alpha value is -2.75. The molecule has 0 bridgehead atoms. The number of alkyl halides is 1. The van der Waals surface area contributed by atoms with Crippen molar-refractivity contribution in [1.82, 2.24) is 10.4 Å². The Morgan fingerprint density at radius 2 is 2.03 bits per heavy atom. The molecule has 31 heavy (non-hydrogen) atoms. The van der Waals surface area contributed by atoms with Gasteiger partial charge in [-0.2, -0.15) is 0 Å². The second kappa shape index (κ2) is 10.5. The van der Waals surface area contributed by atoms with Gasteiger partial charge in [-0.1, -0.05) is 0 Å². The molecular weight excluding hydrogens is 410 g/mol. The van der Waals surface area contributed by atoms with E-state index >= 15 is 0 Å². The highest BCUT2D eigenvalue weighted by molar-refractivity contribution is 5.90. The van der Waals surface area contributed by atoms with E-state index < -0.39 is 24.7 Å². The number of hydrogen-bond donors (Lipinski definition) is 1. The minimum atomic E-state index is -0.554. The van der Waals surface area contributed by atoms with Gasteiger partial charge in [0, 0.05) is 32.5 Å². The van der Waals surface area contributed by atoms with Crippen LogP contribution in [0.5, 0.6) is 0 Å². The molecule has 2 heterocycles. The van der Waals surface area contributed by atoms with Crippen molar-refractivity contribution in [2.45, 2.75) is 38.7 Å². The lowest BCUT2D eigenvalue weighted by atomic mass is 10.1. The van der Waals surface area contributed by atoms with Gasteiger partial charge in [0.15, 0.2) is 0 Å². The molecule has 1 aromatic rings. The number of nitrogens with one attached hydrogen (secondary N) is 1. The Morgan fingerprint density at radius 1 is 1.23 bits per heavy atom. The number of carbonyl (C=O) groups excluding carboxylic acids is 3. The fourth-order valence-corrected chi connectivity index (χ4v) is 3.71. The number of cyclic esters (lactones) is 1. The van der Waals surface area contributed by atoms with Crippen LogP contribution in [0, 0.1) is 5.82 Å². The maximum absolute atomic E-state index is 14.9. The average Bonchev–Trinajstić information content (AvgIpc) is 2.95. The predicted octanol–water partition coefficient (Wildman–Crippen LogP) is 2.42. The van der Waals surface area contributed by atoms with Crippen molar-refractivity contribution < 1.29 is 27.9 Å². The van der Waals surface area contributed by atoms with Crippen LogP contribution in [0.1, 0.15) is 32.6 Å². The number of halogens is 2. The van der Waals surface area contributed by atoms with Crippen LogP contribution in [-0.4, -0.2) is 68.3 Å². The van der Waals surface area contributed by atoms with Gasteiger partial charge in [-0.15, -0.1) is 0 Å². The van der Waals surface area contributed by atoms with Crippen molar-refractivity contribution in [3.05, 3.63) is 24.0 Å². The second-order valence-corrected chi connectivity index (χ2v) is 7.73. The molecule has 2 aliphatic rings. The third-order valence-electron chi connectivity index (χ3n) is 5.38. The number of hydrazine groups is 1. The molecule has 0 saturated carbocycles. The van der Waals surface area contributed by atoms with Crippen LogP contribution in [-0.2, 0) is 14.3 Å². The zero-order valence-corrected chi connectivity index (χ0v) is 17.6. The van der Waals surface area contributed by atoms with Crippen LogP contribution in [0.3, 0.4) is 0 Å². The largest absolute Gasteiger partial charge is 0.444 e. The van der Waals surface area contributed by atoms with Crippen LogP contribution in [0.15, 0.2) is 18.2 Å². The highest BCUT2D eigenvalue weighted by Crippen LogP contribution is 2.29. The number of benzene rings is 1.